The fourth-order valence-corrected chi connectivity index (χ4v) is 3.73. The van der Waals surface area contributed by atoms with Crippen LogP contribution >= 0.6 is 0 Å². The second-order valence-electron chi connectivity index (χ2n) is 5.03. The minimum atomic E-state index is -4.14. The van der Waals surface area contributed by atoms with Crippen LogP contribution in [0.2, 0.25) is 0 Å². The average Bonchev–Trinajstić information content (AvgIpc) is 2.40. The maximum Gasteiger partial charge on any atom is 0.335 e. The third-order valence-electron chi connectivity index (χ3n) is 3.50. The molecule has 0 saturated heterocycles. The van der Waals surface area contributed by atoms with Crippen LogP contribution in [0.15, 0.2) is 23.1 Å². The molecule has 0 spiro atoms. The van der Waals surface area contributed by atoms with Gasteiger partial charge in [0.15, 0.2) is 0 Å². The van der Waals surface area contributed by atoms with Gasteiger partial charge in [-0.3, -0.25) is 0 Å². The molecule has 1 aromatic carbocycles. The fraction of sp³-hybridized carbons (Fsp3) is 0.462. The molecule has 0 amide bonds. The van der Waals surface area contributed by atoms with Gasteiger partial charge in [0.1, 0.15) is 10.7 Å². The summed E-state index contributed by atoms with van der Waals surface area (Å²) in [5.74, 6) is -2.47. The number of carbonyl (C=O) groups is 1. The Morgan fingerprint density at radius 1 is 1.29 bits per heavy atom. The van der Waals surface area contributed by atoms with E-state index >= 15 is 0 Å². The molecule has 6 nitrogen and oxygen atoms in total. The maximum absolute atomic E-state index is 13.8. The first-order valence-corrected chi connectivity index (χ1v) is 8.03. The maximum atomic E-state index is 13.8. The van der Waals surface area contributed by atoms with Gasteiger partial charge in [-0.2, -0.15) is 0 Å². The highest BCUT2D eigenvalue weighted by molar-refractivity contribution is 7.89. The second kappa shape index (κ2) is 6.08. The zero-order chi connectivity index (χ0) is 15.6. The van der Waals surface area contributed by atoms with Gasteiger partial charge in [0.25, 0.3) is 0 Å². The van der Waals surface area contributed by atoms with Crippen molar-refractivity contribution in [3.8, 4) is 0 Å². The molecule has 2 atom stereocenters. The molecular formula is C13H16FNO5S. The van der Waals surface area contributed by atoms with Crippen LogP contribution in [0.1, 0.15) is 36.0 Å². The molecule has 0 aliphatic heterocycles. The number of carboxylic acids is 1. The fourth-order valence-electron chi connectivity index (χ4n) is 2.36. The average molecular weight is 317 g/mol. The summed E-state index contributed by atoms with van der Waals surface area (Å²) in [6.45, 7) is 0. The lowest BCUT2D eigenvalue weighted by Gasteiger charge is -2.28. The molecule has 1 saturated carbocycles. The Bertz CT molecular complexity index is 646. The Balaban J connectivity index is 2.25. The van der Waals surface area contributed by atoms with Crippen molar-refractivity contribution in [2.45, 2.75) is 42.7 Å². The first-order valence-electron chi connectivity index (χ1n) is 6.54. The SMILES string of the molecule is O=C(O)c1ccc(S(=O)(=O)N[C@H]2CCCC[C@@H]2O)c(F)c1. The highest BCUT2D eigenvalue weighted by Crippen LogP contribution is 2.22. The van der Waals surface area contributed by atoms with Crippen LogP contribution in [0.25, 0.3) is 0 Å². The molecule has 21 heavy (non-hydrogen) atoms. The Kier molecular flexibility index (Phi) is 4.60. The molecule has 0 aromatic heterocycles. The Labute approximate surface area is 121 Å². The number of nitrogens with one attached hydrogen (secondary N) is 1. The molecule has 8 heteroatoms. The molecule has 116 valence electrons. The molecule has 0 radical (unpaired) electrons. The quantitative estimate of drug-likeness (QED) is 0.771. The molecule has 3 N–H and O–H groups in total. The smallest absolute Gasteiger partial charge is 0.335 e. The van der Waals surface area contributed by atoms with Crippen LogP contribution in [-0.4, -0.2) is 36.7 Å². The molecule has 0 heterocycles. The summed E-state index contributed by atoms with van der Waals surface area (Å²) in [5, 5.41) is 18.5. The number of hydrogen-bond acceptors (Lipinski definition) is 4. The van der Waals surface area contributed by atoms with Crippen LogP contribution in [0.4, 0.5) is 4.39 Å². The summed E-state index contributed by atoms with van der Waals surface area (Å²) in [5.41, 5.74) is -0.329. The van der Waals surface area contributed by atoms with Crippen molar-refractivity contribution < 1.29 is 27.8 Å². The van der Waals surface area contributed by atoms with Gasteiger partial charge < -0.3 is 10.2 Å². The number of rotatable bonds is 4. The Hall–Kier alpha value is -1.51. The number of benzene rings is 1. The minimum absolute atomic E-state index is 0.329. The van der Waals surface area contributed by atoms with Crippen LogP contribution in [0, 0.1) is 5.82 Å². The number of sulfonamides is 1. The van der Waals surface area contributed by atoms with E-state index in [0.29, 0.717) is 18.9 Å². The van der Waals surface area contributed by atoms with E-state index in [4.69, 9.17) is 5.11 Å². The number of hydrogen-bond donors (Lipinski definition) is 3. The van der Waals surface area contributed by atoms with E-state index in [9.17, 15) is 22.7 Å². The third kappa shape index (κ3) is 3.58. The van der Waals surface area contributed by atoms with Crippen LogP contribution in [-0.2, 0) is 10.0 Å². The van der Waals surface area contributed by atoms with Gasteiger partial charge in [-0.1, -0.05) is 12.8 Å². The van der Waals surface area contributed by atoms with Gasteiger partial charge in [-0.15, -0.1) is 0 Å². The predicted molar refractivity (Wildman–Crippen MR) is 71.9 cm³/mol. The van der Waals surface area contributed by atoms with E-state index in [-0.39, 0.29) is 5.56 Å². The van der Waals surface area contributed by atoms with E-state index < -0.39 is 38.9 Å². The van der Waals surface area contributed by atoms with E-state index in [1.54, 1.807) is 0 Å². The first kappa shape index (κ1) is 15.9. The molecular weight excluding hydrogens is 301 g/mol. The first-order chi connectivity index (χ1) is 9.81. The topological polar surface area (TPSA) is 104 Å². The van der Waals surface area contributed by atoms with Crippen molar-refractivity contribution in [2.24, 2.45) is 0 Å². The number of aromatic carboxylic acids is 1. The lowest BCUT2D eigenvalue weighted by atomic mass is 9.93. The lowest BCUT2D eigenvalue weighted by molar-refractivity contribution is 0.0696. The van der Waals surface area contributed by atoms with Crippen molar-refractivity contribution in [3.05, 3.63) is 29.6 Å². The summed E-state index contributed by atoms with van der Waals surface area (Å²) in [7, 11) is -4.14. The zero-order valence-corrected chi connectivity index (χ0v) is 11.9. The van der Waals surface area contributed by atoms with Gasteiger partial charge in [0.2, 0.25) is 10.0 Å². The molecule has 2 rings (SSSR count). The van der Waals surface area contributed by atoms with Gasteiger partial charge >= 0.3 is 5.97 Å². The third-order valence-corrected chi connectivity index (χ3v) is 5.03. The highest BCUT2D eigenvalue weighted by atomic mass is 32.2. The molecule has 0 unspecified atom stereocenters. The van der Waals surface area contributed by atoms with Crippen molar-refractivity contribution in [3.63, 3.8) is 0 Å². The van der Waals surface area contributed by atoms with Gasteiger partial charge in [-0.05, 0) is 31.0 Å². The standard InChI is InChI=1S/C13H16FNO5S/c14-9-7-8(13(17)18)5-6-12(9)21(19,20)15-10-3-1-2-4-11(10)16/h5-7,10-11,15-16H,1-4H2,(H,17,18)/t10-,11-/m0/s1. The zero-order valence-electron chi connectivity index (χ0n) is 11.1. The molecule has 1 aromatic rings. The Morgan fingerprint density at radius 2 is 1.95 bits per heavy atom. The number of carboxylic acid groups (broad SMARTS) is 1. The van der Waals surface area contributed by atoms with E-state index in [1.165, 1.54) is 0 Å². The molecule has 1 aliphatic carbocycles. The number of aliphatic hydroxyl groups is 1. The van der Waals surface area contributed by atoms with Crippen LogP contribution < -0.4 is 4.72 Å². The lowest BCUT2D eigenvalue weighted by Crippen LogP contribution is -2.45. The van der Waals surface area contributed by atoms with Crippen LogP contribution in [0.5, 0.6) is 0 Å². The minimum Gasteiger partial charge on any atom is -0.478 e. The van der Waals surface area contributed by atoms with Gasteiger partial charge in [0, 0.05) is 6.04 Å². The molecule has 1 aliphatic rings. The van der Waals surface area contributed by atoms with Gasteiger partial charge in [-0.25, -0.2) is 22.3 Å². The molecule has 0 bridgehead atoms. The van der Waals surface area contributed by atoms with Crippen LogP contribution in [0.3, 0.4) is 0 Å². The second-order valence-corrected chi connectivity index (χ2v) is 6.71. The van der Waals surface area contributed by atoms with Crippen molar-refractivity contribution in [1.82, 2.24) is 4.72 Å². The van der Waals surface area contributed by atoms with Crippen molar-refractivity contribution in [1.29, 1.82) is 0 Å². The van der Waals surface area contributed by atoms with Gasteiger partial charge in [0.05, 0.1) is 11.7 Å². The summed E-state index contributed by atoms with van der Waals surface area (Å²) in [6.07, 6.45) is 1.78. The number of halogens is 1. The largest absolute Gasteiger partial charge is 0.478 e. The summed E-state index contributed by atoms with van der Waals surface area (Å²) in [4.78, 5) is 10.1. The van der Waals surface area contributed by atoms with E-state index in [0.717, 1.165) is 25.0 Å². The summed E-state index contributed by atoms with van der Waals surface area (Å²) < 4.78 is 40.4. The van der Waals surface area contributed by atoms with Crippen molar-refractivity contribution in [2.75, 3.05) is 0 Å². The normalized spacial score (nSPS) is 23.0. The van der Waals surface area contributed by atoms with E-state index in [1.807, 2.05) is 0 Å². The number of aliphatic hydroxyl groups excluding tert-OH is 1. The highest BCUT2D eigenvalue weighted by Gasteiger charge is 2.29. The molecule has 1 fully saturated rings. The van der Waals surface area contributed by atoms with Crippen molar-refractivity contribution >= 4 is 16.0 Å². The monoisotopic (exact) mass is 317 g/mol. The predicted octanol–water partition coefficient (Wildman–Crippen LogP) is 1.11. The van der Waals surface area contributed by atoms with E-state index in [2.05, 4.69) is 4.72 Å². The summed E-state index contributed by atoms with van der Waals surface area (Å²) in [6, 6.07) is 1.95. The Morgan fingerprint density at radius 3 is 2.52 bits per heavy atom. The summed E-state index contributed by atoms with van der Waals surface area (Å²) >= 11 is 0.